The second-order valence-electron chi connectivity index (χ2n) is 4.73. The van der Waals surface area contributed by atoms with Gasteiger partial charge in [-0.15, -0.1) is 11.8 Å². The van der Waals surface area contributed by atoms with E-state index < -0.39 is 0 Å². The van der Waals surface area contributed by atoms with Gasteiger partial charge in [0.1, 0.15) is 4.75 Å². The zero-order chi connectivity index (χ0) is 14.8. The van der Waals surface area contributed by atoms with E-state index in [2.05, 4.69) is 37.9 Å². The molecule has 0 aromatic heterocycles. The topological polar surface area (TPSA) is 44.1 Å². The Labute approximate surface area is 140 Å². The highest BCUT2D eigenvalue weighted by molar-refractivity contribution is 9.11. The molecule has 1 amide bonds. The minimum atomic E-state index is -0.326. The summed E-state index contributed by atoms with van der Waals surface area (Å²) in [5, 5.41) is 9.27. The minimum Gasteiger partial charge on any atom is -0.338 e. The molecule has 0 N–H and O–H groups in total. The molecule has 3 nitrogen and oxygen atoms in total. The Morgan fingerprint density at radius 1 is 1.40 bits per heavy atom. The van der Waals surface area contributed by atoms with Crippen LogP contribution in [-0.4, -0.2) is 34.9 Å². The summed E-state index contributed by atoms with van der Waals surface area (Å²) in [7, 11) is 0. The number of benzene rings is 1. The van der Waals surface area contributed by atoms with Crippen LogP contribution >= 0.6 is 43.6 Å². The van der Waals surface area contributed by atoms with Crippen molar-refractivity contribution in [2.24, 2.45) is 0 Å². The van der Waals surface area contributed by atoms with Crippen molar-refractivity contribution in [3.63, 3.8) is 0 Å². The van der Waals surface area contributed by atoms with E-state index in [1.54, 1.807) is 11.8 Å². The molecule has 1 saturated heterocycles. The number of likely N-dealkylation sites (tertiary alicyclic amines) is 1. The van der Waals surface area contributed by atoms with Crippen molar-refractivity contribution in [1.29, 1.82) is 5.26 Å². The van der Waals surface area contributed by atoms with E-state index in [-0.39, 0.29) is 10.7 Å². The maximum Gasteiger partial charge on any atom is 0.255 e. The first-order valence-corrected chi connectivity index (χ1v) is 9.03. The molecular weight excluding hydrogens is 404 g/mol. The molecule has 1 aromatic carbocycles. The van der Waals surface area contributed by atoms with Crippen LogP contribution in [0.5, 0.6) is 0 Å². The monoisotopic (exact) mass is 416 g/mol. The average Bonchev–Trinajstić information content (AvgIpc) is 2.47. The van der Waals surface area contributed by atoms with E-state index in [1.807, 2.05) is 29.4 Å². The summed E-state index contributed by atoms with van der Waals surface area (Å²) in [6.45, 7) is 1.27. The predicted molar refractivity (Wildman–Crippen MR) is 88.8 cm³/mol. The average molecular weight is 418 g/mol. The molecule has 20 heavy (non-hydrogen) atoms. The van der Waals surface area contributed by atoms with Crippen LogP contribution in [0.2, 0.25) is 0 Å². The first-order chi connectivity index (χ1) is 9.51. The lowest BCUT2D eigenvalue weighted by atomic mass is 9.96. The van der Waals surface area contributed by atoms with Gasteiger partial charge < -0.3 is 4.90 Å². The highest BCUT2D eigenvalue weighted by Gasteiger charge is 2.35. The van der Waals surface area contributed by atoms with Gasteiger partial charge in [0.15, 0.2) is 0 Å². The number of hydrogen-bond donors (Lipinski definition) is 0. The smallest absolute Gasteiger partial charge is 0.255 e. The molecule has 0 aliphatic carbocycles. The number of rotatable bonds is 2. The minimum absolute atomic E-state index is 0.0250. The molecular formula is C14H14Br2N2OS. The zero-order valence-electron chi connectivity index (χ0n) is 11.0. The van der Waals surface area contributed by atoms with Crippen molar-refractivity contribution >= 4 is 49.5 Å². The summed E-state index contributed by atoms with van der Waals surface area (Å²) < 4.78 is 1.40. The third kappa shape index (κ3) is 3.21. The van der Waals surface area contributed by atoms with Crippen molar-refractivity contribution in [2.45, 2.75) is 17.6 Å². The van der Waals surface area contributed by atoms with Crippen LogP contribution in [0, 0.1) is 11.3 Å². The molecule has 0 saturated carbocycles. The van der Waals surface area contributed by atoms with E-state index in [9.17, 15) is 10.1 Å². The molecule has 0 radical (unpaired) electrons. The van der Waals surface area contributed by atoms with E-state index >= 15 is 0 Å². The van der Waals surface area contributed by atoms with Crippen LogP contribution in [0.4, 0.5) is 0 Å². The molecule has 0 unspecified atom stereocenters. The predicted octanol–water partition coefficient (Wildman–Crippen LogP) is 4.07. The van der Waals surface area contributed by atoms with Gasteiger partial charge in [0, 0.05) is 22.0 Å². The van der Waals surface area contributed by atoms with Crippen molar-refractivity contribution in [1.82, 2.24) is 4.90 Å². The number of nitrogens with zero attached hydrogens (tertiary/aromatic N) is 2. The fourth-order valence-corrected chi connectivity index (χ4v) is 4.16. The van der Waals surface area contributed by atoms with Crippen LogP contribution in [0.1, 0.15) is 23.2 Å². The zero-order valence-corrected chi connectivity index (χ0v) is 15.0. The Morgan fingerprint density at radius 2 is 2.05 bits per heavy atom. The highest BCUT2D eigenvalue weighted by Crippen LogP contribution is 2.34. The van der Waals surface area contributed by atoms with Crippen LogP contribution in [0.15, 0.2) is 27.1 Å². The fourth-order valence-electron chi connectivity index (χ4n) is 2.27. The van der Waals surface area contributed by atoms with E-state index in [0.29, 0.717) is 18.7 Å². The number of hydrogen-bond acceptors (Lipinski definition) is 3. The van der Waals surface area contributed by atoms with E-state index in [0.717, 1.165) is 21.8 Å². The van der Waals surface area contributed by atoms with Crippen molar-refractivity contribution in [3.8, 4) is 6.07 Å². The van der Waals surface area contributed by atoms with Gasteiger partial charge in [-0.25, -0.2) is 0 Å². The van der Waals surface area contributed by atoms with Crippen LogP contribution in [0.3, 0.4) is 0 Å². The summed E-state index contributed by atoms with van der Waals surface area (Å²) in [6.07, 6.45) is 3.42. The lowest BCUT2D eigenvalue weighted by Gasteiger charge is -2.36. The van der Waals surface area contributed by atoms with Gasteiger partial charge >= 0.3 is 0 Å². The first kappa shape index (κ1) is 15.9. The number of carbonyl (C=O) groups is 1. The molecule has 0 atom stereocenters. The van der Waals surface area contributed by atoms with Gasteiger partial charge in [-0.3, -0.25) is 4.79 Å². The lowest BCUT2D eigenvalue weighted by Crippen LogP contribution is -2.44. The lowest BCUT2D eigenvalue weighted by molar-refractivity contribution is 0.0715. The van der Waals surface area contributed by atoms with Crippen LogP contribution < -0.4 is 0 Å². The molecule has 0 spiro atoms. The van der Waals surface area contributed by atoms with Gasteiger partial charge in [0.25, 0.3) is 5.91 Å². The van der Waals surface area contributed by atoms with Crippen molar-refractivity contribution in [3.05, 3.63) is 32.7 Å². The third-order valence-electron chi connectivity index (χ3n) is 3.61. The standard InChI is InChI=1S/C14H14Br2N2OS/c1-20-14(9-17)4-6-18(7-5-14)13(19)11-3-2-10(15)8-12(11)16/h2-3,8H,4-7H2,1H3. The normalized spacial score (nSPS) is 17.6. The molecule has 1 aliphatic heterocycles. The van der Waals surface area contributed by atoms with Crippen LogP contribution in [0.25, 0.3) is 0 Å². The van der Waals surface area contributed by atoms with Gasteiger partial charge in [-0.05, 0) is 53.2 Å². The molecule has 2 rings (SSSR count). The maximum absolute atomic E-state index is 12.5. The second-order valence-corrected chi connectivity index (χ2v) is 7.69. The highest BCUT2D eigenvalue weighted by atomic mass is 79.9. The summed E-state index contributed by atoms with van der Waals surface area (Å²) >= 11 is 8.40. The summed E-state index contributed by atoms with van der Waals surface area (Å²) in [5.41, 5.74) is 0.668. The Hall–Kier alpha value is -0.510. The van der Waals surface area contributed by atoms with Gasteiger partial charge in [0.05, 0.1) is 11.6 Å². The quantitative estimate of drug-likeness (QED) is 0.728. The number of nitriles is 1. The Kier molecular flexibility index (Phi) is 5.16. The largest absolute Gasteiger partial charge is 0.338 e. The Morgan fingerprint density at radius 3 is 2.55 bits per heavy atom. The number of carbonyl (C=O) groups excluding carboxylic acids is 1. The van der Waals surface area contributed by atoms with Crippen molar-refractivity contribution in [2.75, 3.05) is 19.3 Å². The van der Waals surface area contributed by atoms with E-state index in [1.165, 1.54) is 0 Å². The molecule has 0 bridgehead atoms. The molecule has 6 heteroatoms. The summed E-state index contributed by atoms with van der Waals surface area (Å²) in [5.74, 6) is 0.0250. The molecule has 106 valence electrons. The SMILES string of the molecule is CSC1(C#N)CCN(C(=O)c2ccc(Br)cc2Br)CC1. The number of thioether (sulfide) groups is 1. The molecule has 1 heterocycles. The van der Waals surface area contributed by atoms with E-state index in [4.69, 9.17) is 0 Å². The summed E-state index contributed by atoms with van der Waals surface area (Å²) in [4.78, 5) is 14.3. The third-order valence-corrected chi connectivity index (χ3v) is 6.04. The number of amides is 1. The van der Waals surface area contributed by atoms with Gasteiger partial charge in [-0.1, -0.05) is 15.9 Å². The Bertz CT molecular complexity index is 563. The Balaban J connectivity index is 2.11. The maximum atomic E-state index is 12.5. The number of halogens is 2. The van der Waals surface area contributed by atoms with Crippen LogP contribution in [-0.2, 0) is 0 Å². The van der Waals surface area contributed by atoms with Gasteiger partial charge in [-0.2, -0.15) is 5.26 Å². The van der Waals surface area contributed by atoms with Crippen molar-refractivity contribution < 1.29 is 4.79 Å². The molecule has 1 aromatic rings. The second kappa shape index (κ2) is 6.50. The molecule has 1 fully saturated rings. The fraction of sp³-hybridized carbons (Fsp3) is 0.429. The molecule has 1 aliphatic rings. The number of piperidine rings is 1. The van der Waals surface area contributed by atoms with Gasteiger partial charge in [0.2, 0.25) is 0 Å². The summed E-state index contributed by atoms with van der Waals surface area (Å²) in [6, 6.07) is 7.95. The first-order valence-electron chi connectivity index (χ1n) is 6.22.